The summed E-state index contributed by atoms with van der Waals surface area (Å²) >= 11 is 0. The highest BCUT2D eigenvalue weighted by molar-refractivity contribution is 5.52. The quantitative estimate of drug-likeness (QED) is 0.749. The van der Waals surface area contributed by atoms with E-state index < -0.39 is 0 Å². The Bertz CT molecular complexity index is 404. The molecule has 0 bridgehead atoms. The van der Waals surface area contributed by atoms with E-state index in [-0.39, 0.29) is 11.5 Å². The van der Waals surface area contributed by atoms with Crippen molar-refractivity contribution in [1.82, 2.24) is 0 Å². The summed E-state index contributed by atoms with van der Waals surface area (Å²) in [5.74, 6) is 0.0162. The van der Waals surface area contributed by atoms with E-state index in [1.165, 1.54) is 0 Å². The molecular weight excluding hydrogens is 186 g/mol. The second kappa shape index (κ2) is 3.88. The average molecular weight is 199 g/mol. The summed E-state index contributed by atoms with van der Waals surface area (Å²) in [4.78, 5) is 0. The maximum absolute atomic E-state index is 8.81. The first-order valence-electron chi connectivity index (χ1n) is 5.00. The maximum Gasteiger partial charge on any atom is 0.103 e. The molecule has 0 N–H and O–H groups in total. The van der Waals surface area contributed by atoms with Crippen LogP contribution in [0.4, 0.5) is 0 Å². The zero-order valence-electron chi connectivity index (χ0n) is 8.68. The smallest absolute Gasteiger partial charge is 0.103 e. The summed E-state index contributed by atoms with van der Waals surface area (Å²) in [5, 5.41) is 8.81. The van der Waals surface area contributed by atoms with E-state index in [1.807, 2.05) is 42.5 Å². The minimum atomic E-state index is -0.329. The Labute approximate surface area is 89.8 Å². The van der Waals surface area contributed by atoms with Gasteiger partial charge in [0, 0.05) is 13.5 Å². The number of benzene rings is 1. The van der Waals surface area contributed by atoms with Gasteiger partial charge in [-0.1, -0.05) is 42.5 Å². The van der Waals surface area contributed by atoms with Gasteiger partial charge in [-0.3, -0.25) is 0 Å². The number of hydrogen-bond donors (Lipinski definition) is 0. The van der Waals surface area contributed by atoms with Gasteiger partial charge in [-0.05, 0) is 5.56 Å². The largest absolute Gasteiger partial charge is 0.373 e. The highest BCUT2D eigenvalue weighted by Crippen LogP contribution is 2.47. The van der Waals surface area contributed by atoms with Crippen LogP contribution in [0.1, 0.15) is 12.0 Å². The van der Waals surface area contributed by atoms with Crippen LogP contribution in [0.2, 0.25) is 0 Å². The van der Waals surface area contributed by atoms with Gasteiger partial charge in [0.2, 0.25) is 0 Å². The Balaban J connectivity index is 2.10. The molecule has 0 saturated heterocycles. The predicted molar refractivity (Wildman–Crippen MR) is 58.9 cm³/mol. The van der Waals surface area contributed by atoms with Gasteiger partial charge >= 0.3 is 0 Å². The Hall–Kier alpha value is -1.59. The van der Waals surface area contributed by atoms with Gasteiger partial charge in [0.15, 0.2) is 0 Å². The minimum Gasteiger partial charge on any atom is -0.373 e. The van der Waals surface area contributed by atoms with Gasteiger partial charge in [0.25, 0.3) is 0 Å². The molecule has 1 aromatic rings. The third-order valence-electron chi connectivity index (χ3n) is 2.85. The summed E-state index contributed by atoms with van der Waals surface area (Å²) in [6, 6.07) is 12.3. The van der Waals surface area contributed by atoms with Crippen LogP contribution in [0.5, 0.6) is 0 Å². The Morgan fingerprint density at radius 3 is 2.73 bits per heavy atom. The highest BCUT2D eigenvalue weighted by atomic mass is 16.5. The van der Waals surface area contributed by atoms with Gasteiger partial charge < -0.3 is 4.74 Å². The number of nitrogens with zero attached hydrogens (tertiary/aromatic N) is 1. The second-order valence-electron chi connectivity index (χ2n) is 3.79. The lowest BCUT2D eigenvalue weighted by molar-refractivity contribution is 0.114. The van der Waals surface area contributed by atoms with Crippen molar-refractivity contribution >= 4 is 6.08 Å². The van der Waals surface area contributed by atoms with Crippen LogP contribution in [0, 0.1) is 17.2 Å². The van der Waals surface area contributed by atoms with Gasteiger partial charge in [-0.15, -0.1) is 0 Å². The van der Waals surface area contributed by atoms with E-state index in [9.17, 15) is 0 Å². The van der Waals surface area contributed by atoms with E-state index in [0.717, 1.165) is 12.0 Å². The topological polar surface area (TPSA) is 33.0 Å². The van der Waals surface area contributed by atoms with Crippen molar-refractivity contribution in [3.8, 4) is 6.07 Å². The number of hydrogen-bond acceptors (Lipinski definition) is 2. The lowest BCUT2D eigenvalue weighted by atomic mass is 10.1. The van der Waals surface area contributed by atoms with E-state index in [0.29, 0.717) is 0 Å². The fourth-order valence-electron chi connectivity index (χ4n) is 1.69. The number of rotatable bonds is 3. The Morgan fingerprint density at radius 2 is 2.20 bits per heavy atom. The Kier molecular flexibility index (Phi) is 2.57. The second-order valence-corrected chi connectivity index (χ2v) is 3.79. The third kappa shape index (κ3) is 1.93. The number of methoxy groups -OCH3 is 1. The van der Waals surface area contributed by atoms with E-state index in [4.69, 9.17) is 10.00 Å². The molecule has 0 radical (unpaired) electrons. The highest BCUT2D eigenvalue weighted by Gasteiger charge is 2.53. The standard InChI is InChI=1S/C13H13NO/c1-15-13(9-12(13)10-14)8-7-11-5-3-2-4-6-11/h2-8,12H,9H2,1H3/b8-7+. The molecule has 0 amide bonds. The summed E-state index contributed by atoms with van der Waals surface area (Å²) in [7, 11) is 1.66. The van der Waals surface area contributed by atoms with Crippen molar-refractivity contribution in [2.45, 2.75) is 12.0 Å². The van der Waals surface area contributed by atoms with Gasteiger partial charge in [0.1, 0.15) is 5.60 Å². The first-order chi connectivity index (χ1) is 7.30. The molecule has 1 aliphatic carbocycles. The van der Waals surface area contributed by atoms with Crippen molar-refractivity contribution in [1.29, 1.82) is 5.26 Å². The van der Waals surface area contributed by atoms with Crippen LogP contribution in [-0.2, 0) is 4.74 Å². The maximum atomic E-state index is 8.81. The molecule has 0 spiro atoms. The van der Waals surface area contributed by atoms with Crippen molar-refractivity contribution < 1.29 is 4.74 Å². The van der Waals surface area contributed by atoms with Crippen LogP contribution in [0.15, 0.2) is 36.4 Å². The first-order valence-corrected chi connectivity index (χ1v) is 5.00. The van der Waals surface area contributed by atoms with Crippen molar-refractivity contribution in [3.05, 3.63) is 42.0 Å². The van der Waals surface area contributed by atoms with Crippen LogP contribution >= 0.6 is 0 Å². The summed E-state index contributed by atoms with van der Waals surface area (Å²) < 4.78 is 5.36. The number of nitriles is 1. The average Bonchev–Trinajstić information content (AvgIpc) is 3.02. The van der Waals surface area contributed by atoms with Crippen LogP contribution in [0.3, 0.4) is 0 Å². The molecule has 1 aromatic carbocycles. The first kappa shape index (κ1) is 9.95. The zero-order valence-corrected chi connectivity index (χ0v) is 8.68. The molecule has 2 nitrogen and oxygen atoms in total. The fraction of sp³-hybridized carbons (Fsp3) is 0.308. The minimum absolute atomic E-state index is 0.0162. The zero-order chi connectivity index (χ0) is 10.7. The van der Waals surface area contributed by atoms with Crippen molar-refractivity contribution in [2.24, 2.45) is 5.92 Å². The molecule has 2 rings (SSSR count). The molecule has 2 unspecified atom stereocenters. The molecule has 15 heavy (non-hydrogen) atoms. The van der Waals surface area contributed by atoms with Crippen LogP contribution < -0.4 is 0 Å². The summed E-state index contributed by atoms with van der Waals surface area (Å²) in [5.41, 5.74) is 0.808. The summed E-state index contributed by atoms with van der Waals surface area (Å²) in [6.07, 6.45) is 4.82. The molecule has 2 heteroatoms. The molecular formula is C13H13NO. The van der Waals surface area contributed by atoms with E-state index in [2.05, 4.69) is 6.07 Å². The van der Waals surface area contributed by atoms with Crippen LogP contribution in [-0.4, -0.2) is 12.7 Å². The normalized spacial score (nSPS) is 28.9. The molecule has 0 heterocycles. The molecule has 1 fully saturated rings. The van der Waals surface area contributed by atoms with Gasteiger partial charge in [-0.25, -0.2) is 0 Å². The van der Waals surface area contributed by atoms with E-state index >= 15 is 0 Å². The molecule has 1 aliphatic rings. The molecule has 2 atom stereocenters. The third-order valence-corrected chi connectivity index (χ3v) is 2.85. The number of ether oxygens (including phenoxy) is 1. The van der Waals surface area contributed by atoms with Gasteiger partial charge in [0.05, 0.1) is 12.0 Å². The van der Waals surface area contributed by atoms with Crippen molar-refractivity contribution in [3.63, 3.8) is 0 Å². The monoisotopic (exact) mass is 199 g/mol. The lowest BCUT2D eigenvalue weighted by Crippen LogP contribution is -2.10. The lowest BCUT2D eigenvalue weighted by Gasteiger charge is -2.06. The predicted octanol–water partition coefficient (Wildman–Crippen LogP) is 2.63. The van der Waals surface area contributed by atoms with Crippen molar-refractivity contribution in [2.75, 3.05) is 7.11 Å². The fourth-order valence-corrected chi connectivity index (χ4v) is 1.69. The SMILES string of the molecule is COC1(/C=C/c2ccccc2)CC1C#N. The molecule has 0 aromatic heterocycles. The Morgan fingerprint density at radius 1 is 1.47 bits per heavy atom. The molecule has 76 valence electrons. The van der Waals surface area contributed by atoms with E-state index in [1.54, 1.807) is 7.11 Å². The summed E-state index contributed by atoms with van der Waals surface area (Å²) in [6.45, 7) is 0. The molecule has 1 saturated carbocycles. The van der Waals surface area contributed by atoms with Crippen LogP contribution in [0.25, 0.3) is 6.08 Å². The van der Waals surface area contributed by atoms with Gasteiger partial charge in [-0.2, -0.15) is 5.26 Å². The molecule has 0 aliphatic heterocycles.